The largest absolute Gasteiger partial charge is 0.467 e. The highest BCUT2D eigenvalue weighted by Gasteiger charge is 2.53. The molecule has 0 fully saturated rings. The summed E-state index contributed by atoms with van der Waals surface area (Å²) in [6.07, 6.45) is -9.59. The quantitative estimate of drug-likeness (QED) is 0.333. The lowest BCUT2D eigenvalue weighted by atomic mass is 10.3. The van der Waals surface area contributed by atoms with Gasteiger partial charge in [-0.2, -0.15) is 26.3 Å². The van der Waals surface area contributed by atoms with Gasteiger partial charge in [-0.15, -0.1) is 4.90 Å². The second-order valence-corrected chi connectivity index (χ2v) is 3.37. The summed E-state index contributed by atoms with van der Waals surface area (Å²) in [7, 11) is 0. The molecule has 0 unspecified atom stereocenters. The van der Waals surface area contributed by atoms with Gasteiger partial charge < -0.3 is 0 Å². The van der Waals surface area contributed by atoms with Crippen LogP contribution in [0.5, 0.6) is 0 Å². The Hall–Kier alpha value is -0.240. The van der Waals surface area contributed by atoms with Gasteiger partial charge in [-0.1, -0.05) is 27.6 Å². The highest BCUT2D eigenvalue weighted by Crippen LogP contribution is 2.33. The third-order valence-corrected chi connectivity index (χ3v) is 1.77. The Morgan fingerprint density at radius 2 is 1.53 bits per heavy atom. The number of hydrogen-bond donors (Lipinski definition) is 0. The maximum atomic E-state index is 12.0. The van der Waals surface area contributed by atoms with Gasteiger partial charge in [0.05, 0.1) is 0 Å². The minimum Gasteiger partial charge on any atom is -0.155 e. The van der Waals surface area contributed by atoms with E-state index < -0.39 is 24.0 Å². The molecule has 0 N–H and O–H groups in total. The van der Waals surface area contributed by atoms with Crippen LogP contribution < -0.4 is 0 Å². The molecule has 90 valence electrons. The lowest BCUT2D eigenvalue weighted by molar-refractivity contribution is -0.370. The number of rotatable bonds is 3. The molecule has 0 saturated heterocycles. The SMILES string of the molecule is C/C(=C\CBr)CN(C(F)(F)F)C(F)(F)F. The average molecular weight is 300 g/mol. The molecule has 0 saturated carbocycles. The Bertz CT molecular complexity index is 217. The van der Waals surface area contributed by atoms with Gasteiger partial charge in [0.1, 0.15) is 0 Å². The van der Waals surface area contributed by atoms with E-state index in [1.807, 2.05) is 0 Å². The molecule has 0 amide bonds. The van der Waals surface area contributed by atoms with Crippen LogP contribution in [-0.2, 0) is 0 Å². The van der Waals surface area contributed by atoms with Gasteiger partial charge in [-0.05, 0) is 6.92 Å². The van der Waals surface area contributed by atoms with Gasteiger partial charge in [-0.25, -0.2) is 0 Å². The van der Waals surface area contributed by atoms with Crippen molar-refractivity contribution in [1.82, 2.24) is 4.90 Å². The van der Waals surface area contributed by atoms with E-state index in [9.17, 15) is 26.3 Å². The van der Waals surface area contributed by atoms with Gasteiger partial charge in [0.15, 0.2) is 0 Å². The highest BCUT2D eigenvalue weighted by molar-refractivity contribution is 9.09. The van der Waals surface area contributed by atoms with Gasteiger partial charge in [0.2, 0.25) is 0 Å². The Kier molecular flexibility index (Phi) is 5.12. The smallest absolute Gasteiger partial charge is 0.155 e. The molecular formula is C7H8BrF6N. The maximum absolute atomic E-state index is 12.0. The van der Waals surface area contributed by atoms with E-state index in [0.29, 0.717) is 0 Å². The Balaban J connectivity index is 4.77. The summed E-state index contributed by atoms with van der Waals surface area (Å²) in [5, 5.41) is 0.211. The third-order valence-electron chi connectivity index (χ3n) is 1.45. The molecule has 0 aliphatic rings. The summed E-state index contributed by atoms with van der Waals surface area (Å²) in [6, 6.07) is 0. The van der Waals surface area contributed by atoms with E-state index in [1.54, 1.807) is 0 Å². The molecule has 0 atom stereocenters. The van der Waals surface area contributed by atoms with E-state index in [4.69, 9.17) is 0 Å². The van der Waals surface area contributed by atoms with Gasteiger partial charge in [-0.3, -0.25) is 0 Å². The molecule has 0 aromatic carbocycles. The molecule has 0 aliphatic carbocycles. The monoisotopic (exact) mass is 299 g/mol. The predicted octanol–water partition coefficient (Wildman–Crippen LogP) is 3.67. The average Bonchev–Trinajstić information content (AvgIpc) is 1.96. The highest BCUT2D eigenvalue weighted by atomic mass is 79.9. The lowest BCUT2D eigenvalue weighted by Crippen LogP contribution is -2.48. The van der Waals surface area contributed by atoms with Gasteiger partial charge in [0, 0.05) is 11.9 Å². The summed E-state index contributed by atoms with van der Waals surface area (Å²) in [5.74, 6) is 0. The molecule has 0 bridgehead atoms. The first-order chi connectivity index (χ1) is 6.59. The lowest BCUT2D eigenvalue weighted by Gasteiger charge is -2.26. The van der Waals surface area contributed by atoms with E-state index in [-0.39, 0.29) is 10.9 Å². The Morgan fingerprint density at radius 3 is 1.80 bits per heavy atom. The normalized spacial score (nSPS) is 14.9. The van der Waals surface area contributed by atoms with Crippen molar-refractivity contribution in [3.05, 3.63) is 11.6 Å². The van der Waals surface area contributed by atoms with Crippen molar-refractivity contribution in [2.45, 2.75) is 19.5 Å². The van der Waals surface area contributed by atoms with Crippen LogP contribution in [0, 0.1) is 0 Å². The van der Waals surface area contributed by atoms with Crippen molar-refractivity contribution in [1.29, 1.82) is 0 Å². The molecule has 15 heavy (non-hydrogen) atoms. The Morgan fingerprint density at radius 1 is 1.13 bits per heavy atom. The fraction of sp³-hybridized carbons (Fsp3) is 0.714. The molecule has 0 aromatic rings. The third kappa shape index (κ3) is 5.41. The summed E-state index contributed by atoms with van der Waals surface area (Å²) in [4.78, 5) is -1.46. The summed E-state index contributed by atoms with van der Waals surface area (Å²) in [6.45, 7) is -0.00958. The molecule has 0 heterocycles. The minimum absolute atomic E-state index is 0.0125. The molecule has 0 aliphatic heterocycles. The molecule has 1 nitrogen and oxygen atoms in total. The van der Waals surface area contributed by atoms with Crippen molar-refractivity contribution in [3.8, 4) is 0 Å². The zero-order valence-electron chi connectivity index (χ0n) is 7.58. The van der Waals surface area contributed by atoms with Crippen LogP contribution in [0.1, 0.15) is 6.92 Å². The van der Waals surface area contributed by atoms with E-state index in [1.165, 1.54) is 13.0 Å². The molecule has 0 aromatic heterocycles. The summed E-state index contributed by atoms with van der Waals surface area (Å²) < 4.78 is 71.9. The van der Waals surface area contributed by atoms with Crippen LogP contribution in [0.2, 0.25) is 0 Å². The number of allylic oxidation sites excluding steroid dienone is 1. The first kappa shape index (κ1) is 14.8. The van der Waals surface area contributed by atoms with Gasteiger partial charge >= 0.3 is 12.6 Å². The van der Waals surface area contributed by atoms with Crippen molar-refractivity contribution in [3.63, 3.8) is 0 Å². The maximum Gasteiger partial charge on any atom is 0.467 e. The first-order valence-electron chi connectivity index (χ1n) is 3.72. The fourth-order valence-corrected chi connectivity index (χ4v) is 1.32. The zero-order chi connectivity index (χ0) is 12.3. The van der Waals surface area contributed by atoms with E-state index >= 15 is 0 Å². The Labute approximate surface area is 90.9 Å². The number of nitrogens with zero attached hydrogens (tertiary/aromatic N) is 1. The summed E-state index contributed by atoms with van der Waals surface area (Å²) in [5.41, 5.74) is -0.0125. The fourth-order valence-electron chi connectivity index (χ4n) is 0.769. The van der Waals surface area contributed by atoms with Crippen LogP contribution in [0.3, 0.4) is 0 Å². The summed E-state index contributed by atoms with van der Waals surface area (Å²) >= 11 is 2.88. The molecular weight excluding hydrogens is 292 g/mol. The van der Waals surface area contributed by atoms with Crippen molar-refractivity contribution < 1.29 is 26.3 Å². The molecule has 0 radical (unpaired) electrons. The second kappa shape index (κ2) is 5.20. The van der Waals surface area contributed by atoms with Crippen LogP contribution in [-0.4, -0.2) is 29.4 Å². The topological polar surface area (TPSA) is 3.24 Å². The van der Waals surface area contributed by atoms with E-state index in [0.717, 1.165) is 0 Å². The van der Waals surface area contributed by atoms with Crippen LogP contribution in [0.4, 0.5) is 26.3 Å². The first-order valence-corrected chi connectivity index (χ1v) is 4.84. The zero-order valence-corrected chi connectivity index (χ0v) is 9.17. The molecule has 0 rings (SSSR count). The van der Waals surface area contributed by atoms with Crippen LogP contribution >= 0.6 is 15.9 Å². The second-order valence-electron chi connectivity index (χ2n) is 2.73. The number of alkyl halides is 7. The van der Waals surface area contributed by atoms with Crippen molar-refractivity contribution in [2.75, 3.05) is 11.9 Å². The predicted molar refractivity (Wildman–Crippen MR) is 46.4 cm³/mol. The number of halogens is 7. The van der Waals surface area contributed by atoms with Gasteiger partial charge in [0.25, 0.3) is 0 Å². The van der Waals surface area contributed by atoms with Crippen LogP contribution in [0.15, 0.2) is 11.6 Å². The van der Waals surface area contributed by atoms with Crippen LogP contribution in [0.25, 0.3) is 0 Å². The minimum atomic E-state index is -5.42. The van der Waals surface area contributed by atoms with Crippen molar-refractivity contribution >= 4 is 15.9 Å². The molecule has 8 heteroatoms. The molecule has 0 spiro atoms. The standard InChI is InChI=1S/C7H8BrF6N/c1-5(2-3-8)4-15(6(9,10)11)7(12,13)14/h2H,3-4H2,1H3/b5-2+. The number of hydrogen-bond acceptors (Lipinski definition) is 1. The van der Waals surface area contributed by atoms with Crippen molar-refractivity contribution in [2.24, 2.45) is 0 Å². The van der Waals surface area contributed by atoms with E-state index in [2.05, 4.69) is 15.9 Å².